The lowest BCUT2D eigenvalue weighted by Gasteiger charge is -2.22. The van der Waals surface area contributed by atoms with Gasteiger partial charge in [-0.15, -0.1) is 0 Å². The van der Waals surface area contributed by atoms with Crippen LogP contribution in [0.2, 0.25) is 5.02 Å². The SMILES string of the molecule is CC(C)C(C(=O)N[C@@H](C)CO)c1ccc(Cl)cc1. The minimum atomic E-state index is -0.231. The quantitative estimate of drug-likeness (QED) is 0.863. The number of amides is 1. The lowest BCUT2D eigenvalue weighted by Crippen LogP contribution is -2.39. The molecule has 0 aliphatic carbocycles. The fourth-order valence-electron chi connectivity index (χ4n) is 1.89. The Morgan fingerprint density at radius 3 is 2.28 bits per heavy atom. The van der Waals surface area contributed by atoms with Crippen LogP contribution < -0.4 is 5.32 Å². The van der Waals surface area contributed by atoms with Crippen LogP contribution >= 0.6 is 11.6 Å². The lowest BCUT2D eigenvalue weighted by atomic mass is 9.87. The molecule has 0 heterocycles. The van der Waals surface area contributed by atoms with Gasteiger partial charge in [-0.1, -0.05) is 37.6 Å². The summed E-state index contributed by atoms with van der Waals surface area (Å²) >= 11 is 5.85. The van der Waals surface area contributed by atoms with Crippen molar-refractivity contribution < 1.29 is 9.90 Å². The molecule has 1 amide bonds. The molecule has 1 aromatic carbocycles. The van der Waals surface area contributed by atoms with Crippen molar-refractivity contribution in [3.05, 3.63) is 34.9 Å². The molecule has 0 spiro atoms. The molecule has 0 saturated carbocycles. The van der Waals surface area contributed by atoms with Gasteiger partial charge in [0.05, 0.1) is 12.5 Å². The van der Waals surface area contributed by atoms with Gasteiger partial charge in [-0.05, 0) is 30.5 Å². The third-order valence-corrected chi connectivity index (χ3v) is 3.09. The van der Waals surface area contributed by atoms with Gasteiger partial charge in [0.15, 0.2) is 0 Å². The largest absolute Gasteiger partial charge is 0.394 e. The molecular weight excluding hydrogens is 250 g/mol. The highest BCUT2D eigenvalue weighted by molar-refractivity contribution is 6.30. The number of rotatable bonds is 5. The van der Waals surface area contributed by atoms with Gasteiger partial charge < -0.3 is 10.4 Å². The number of aliphatic hydroxyl groups excluding tert-OH is 1. The maximum Gasteiger partial charge on any atom is 0.228 e. The minimum Gasteiger partial charge on any atom is -0.394 e. The predicted octanol–water partition coefficient (Wildman–Crippen LogP) is 2.58. The number of halogens is 1. The Morgan fingerprint density at radius 2 is 1.83 bits per heavy atom. The molecule has 3 nitrogen and oxygen atoms in total. The first-order valence-corrected chi connectivity index (χ1v) is 6.50. The molecule has 1 rings (SSSR count). The van der Waals surface area contributed by atoms with Crippen LogP contribution in [0.4, 0.5) is 0 Å². The van der Waals surface area contributed by atoms with Gasteiger partial charge in [0.1, 0.15) is 0 Å². The summed E-state index contributed by atoms with van der Waals surface area (Å²) in [7, 11) is 0. The Morgan fingerprint density at radius 1 is 1.28 bits per heavy atom. The van der Waals surface area contributed by atoms with Crippen LogP contribution in [0.5, 0.6) is 0 Å². The number of aliphatic hydroxyl groups is 1. The summed E-state index contributed by atoms with van der Waals surface area (Å²) < 4.78 is 0. The highest BCUT2D eigenvalue weighted by atomic mass is 35.5. The summed E-state index contributed by atoms with van der Waals surface area (Å²) in [4.78, 5) is 12.2. The van der Waals surface area contributed by atoms with Crippen molar-refractivity contribution in [2.75, 3.05) is 6.61 Å². The van der Waals surface area contributed by atoms with Gasteiger partial charge >= 0.3 is 0 Å². The third-order valence-electron chi connectivity index (χ3n) is 2.84. The fraction of sp³-hybridized carbons (Fsp3) is 0.500. The average Bonchev–Trinajstić information content (AvgIpc) is 2.31. The second kappa shape index (κ2) is 6.76. The van der Waals surface area contributed by atoms with Crippen molar-refractivity contribution in [1.29, 1.82) is 0 Å². The van der Waals surface area contributed by atoms with E-state index in [0.29, 0.717) is 5.02 Å². The number of carbonyl (C=O) groups is 1. The molecular formula is C14H20ClNO2. The zero-order valence-corrected chi connectivity index (χ0v) is 11.7. The molecule has 0 radical (unpaired) electrons. The second-order valence-corrected chi connectivity index (χ2v) is 5.30. The molecule has 0 aliphatic heterocycles. The van der Waals surface area contributed by atoms with Crippen molar-refractivity contribution in [2.45, 2.75) is 32.7 Å². The van der Waals surface area contributed by atoms with Gasteiger partial charge in [-0.3, -0.25) is 4.79 Å². The standard InChI is InChI=1S/C14H20ClNO2/c1-9(2)13(14(18)16-10(3)8-17)11-4-6-12(15)7-5-11/h4-7,9-10,13,17H,8H2,1-3H3,(H,16,18)/t10-,13?/m0/s1. The van der Waals surface area contributed by atoms with E-state index in [1.165, 1.54) is 0 Å². The Bertz CT molecular complexity index is 389. The maximum absolute atomic E-state index is 12.2. The molecule has 18 heavy (non-hydrogen) atoms. The van der Waals surface area contributed by atoms with Crippen molar-refractivity contribution in [1.82, 2.24) is 5.32 Å². The van der Waals surface area contributed by atoms with E-state index in [0.717, 1.165) is 5.56 Å². The Labute approximate surface area is 113 Å². The van der Waals surface area contributed by atoms with Gasteiger partial charge in [-0.2, -0.15) is 0 Å². The van der Waals surface area contributed by atoms with E-state index < -0.39 is 0 Å². The summed E-state index contributed by atoms with van der Waals surface area (Å²) in [6, 6.07) is 7.09. The highest BCUT2D eigenvalue weighted by Gasteiger charge is 2.24. The molecule has 4 heteroatoms. The summed E-state index contributed by atoms with van der Waals surface area (Å²) in [5.74, 6) is -0.109. The van der Waals surface area contributed by atoms with Gasteiger partial charge in [0.25, 0.3) is 0 Å². The van der Waals surface area contributed by atoms with E-state index in [1.807, 2.05) is 26.0 Å². The van der Waals surface area contributed by atoms with E-state index in [4.69, 9.17) is 16.7 Å². The number of nitrogens with one attached hydrogen (secondary N) is 1. The molecule has 0 bridgehead atoms. The van der Waals surface area contributed by atoms with Crippen molar-refractivity contribution in [3.63, 3.8) is 0 Å². The highest BCUT2D eigenvalue weighted by Crippen LogP contribution is 2.26. The second-order valence-electron chi connectivity index (χ2n) is 4.87. The van der Waals surface area contributed by atoms with Crippen LogP contribution in [-0.2, 0) is 4.79 Å². The molecule has 1 aromatic rings. The van der Waals surface area contributed by atoms with Crippen LogP contribution in [0, 0.1) is 5.92 Å². The fourth-order valence-corrected chi connectivity index (χ4v) is 2.01. The molecule has 2 atom stereocenters. The third kappa shape index (κ3) is 4.00. The van der Waals surface area contributed by atoms with Gasteiger partial charge in [0.2, 0.25) is 5.91 Å². The first-order valence-electron chi connectivity index (χ1n) is 6.12. The summed E-state index contributed by atoms with van der Waals surface area (Å²) in [6.45, 7) is 5.72. The summed E-state index contributed by atoms with van der Waals surface area (Å²) in [6.07, 6.45) is 0. The van der Waals surface area contributed by atoms with E-state index in [2.05, 4.69) is 5.32 Å². The smallest absolute Gasteiger partial charge is 0.228 e. The van der Waals surface area contributed by atoms with Crippen molar-refractivity contribution >= 4 is 17.5 Å². The summed E-state index contributed by atoms with van der Waals surface area (Å²) in [5.41, 5.74) is 0.942. The van der Waals surface area contributed by atoms with Crippen LogP contribution in [0.3, 0.4) is 0 Å². The van der Waals surface area contributed by atoms with E-state index >= 15 is 0 Å². The zero-order chi connectivity index (χ0) is 13.7. The number of carbonyl (C=O) groups excluding carboxylic acids is 1. The molecule has 0 saturated heterocycles. The Hall–Kier alpha value is -1.06. The van der Waals surface area contributed by atoms with E-state index in [1.54, 1.807) is 19.1 Å². The van der Waals surface area contributed by atoms with Crippen molar-refractivity contribution in [2.24, 2.45) is 5.92 Å². The number of hydrogen-bond donors (Lipinski definition) is 2. The first kappa shape index (κ1) is 15.0. The molecule has 1 unspecified atom stereocenters. The first-order chi connectivity index (χ1) is 8.45. The van der Waals surface area contributed by atoms with Crippen LogP contribution in [-0.4, -0.2) is 23.7 Å². The molecule has 2 N–H and O–H groups in total. The van der Waals surface area contributed by atoms with Crippen molar-refractivity contribution in [3.8, 4) is 0 Å². The van der Waals surface area contributed by atoms with Crippen LogP contribution in [0.25, 0.3) is 0 Å². The van der Waals surface area contributed by atoms with Crippen LogP contribution in [0.15, 0.2) is 24.3 Å². The normalized spacial score (nSPS) is 14.3. The monoisotopic (exact) mass is 269 g/mol. The maximum atomic E-state index is 12.2. The summed E-state index contributed by atoms with van der Waals surface area (Å²) in [5, 5.41) is 12.4. The van der Waals surface area contributed by atoms with Crippen LogP contribution in [0.1, 0.15) is 32.3 Å². The van der Waals surface area contributed by atoms with E-state index in [-0.39, 0.29) is 30.4 Å². The van der Waals surface area contributed by atoms with E-state index in [9.17, 15) is 4.79 Å². The minimum absolute atomic E-state index is 0.0584. The number of hydrogen-bond acceptors (Lipinski definition) is 2. The lowest BCUT2D eigenvalue weighted by molar-refractivity contribution is -0.124. The average molecular weight is 270 g/mol. The molecule has 0 aromatic heterocycles. The molecule has 100 valence electrons. The zero-order valence-electron chi connectivity index (χ0n) is 11.0. The number of benzene rings is 1. The Kier molecular flexibility index (Phi) is 5.63. The molecule has 0 aliphatic rings. The Balaban J connectivity index is 2.89. The van der Waals surface area contributed by atoms with Gasteiger partial charge in [-0.25, -0.2) is 0 Å². The topological polar surface area (TPSA) is 49.3 Å². The molecule has 0 fully saturated rings. The predicted molar refractivity (Wildman–Crippen MR) is 73.7 cm³/mol. The van der Waals surface area contributed by atoms with Gasteiger partial charge in [0, 0.05) is 11.1 Å².